The summed E-state index contributed by atoms with van der Waals surface area (Å²) >= 11 is 1.05. The van der Waals surface area contributed by atoms with Crippen LogP contribution < -0.4 is 5.32 Å². The highest BCUT2D eigenvalue weighted by atomic mass is 32.1. The molecular formula is C16H14F3N7O3S. The number of thiazole rings is 1. The number of oxime groups is 1. The van der Waals surface area contributed by atoms with Crippen molar-refractivity contribution in [3.05, 3.63) is 51.8 Å². The zero-order valence-corrected chi connectivity index (χ0v) is 16.3. The highest BCUT2D eigenvalue weighted by Crippen LogP contribution is 2.32. The van der Waals surface area contributed by atoms with Gasteiger partial charge in [-0.25, -0.2) is 14.5 Å². The molecular weight excluding hydrogens is 427 g/mol. The summed E-state index contributed by atoms with van der Waals surface area (Å²) in [6, 6.07) is 3.73. The Hall–Kier alpha value is -3.55. The summed E-state index contributed by atoms with van der Waals surface area (Å²) in [6.45, 7) is 1.21. The van der Waals surface area contributed by atoms with Crippen molar-refractivity contribution in [1.29, 1.82) is 0 Å². The van der Waals surface area contributed by atoms with E-state index in [4.69, 9.17) is 9.94 Å². The number of benzene rings is 1. The van der Waals surface area contributed by atoms with Crippen LogP contribution in [0.1, 0.15) is 28.2 Å². The molecule has 3 aromatic rings. The number of rotatable bonds is 6. The number of hydrogen-bond acceptors (Lipinski definition) is 8. The number of aromatic nitrogens is 5. The van der Waals surface area contributed by atoms with Crippen molar-refractivity contribution in [2.45, 2.75) is 19.7 Å². The van der Waals surface area contributed by atoms with Crippen molar-refractivity contribution in [2.24, 2.45) is 12.2 Å². The quantitative estimate of drug-likeness (QED) is 0.445. The fourth-order valence-corrected chi connectivity index (χ4v) is 3.10. The molecule has 0 aliphatic heterocycles. The minimum absolute atomic E-state index is 0.00730. The van der Waals surface area contributed by atoms with E-state index in [-0.39, 0.29) is 34.4 Å². The lowest BCUT2D eigenvalue weighted by Gasteiger charge is -2.12. The van der Waals surface area contributed by atoms with Crippen LogP contribution in [-0.2, 0) is 24.7 Å². The van der Waals surface area contributed by atoms with Gasteiger partial charge in [-0.3, -0.25) is 5.32 Å². The Morgan fingerprint density at radius 3 is 2.80 bits per heavy atom. The normalized spacial score (nSPS) is 12.1. The molecule has 1 aromatic carbocycles. The van der Waals surface area contributed by atoms with Gasteiger partial charge in [-0.15, -0.1) is 16.4 Å². The Labute approximate surface area is 171 Å². The highest BCUT2D eigenvalue weighted by molar-refractivity contribution is 7.13. The van der Waals surface area contributed by atoms with Gasteiger partial charge in [0.25, 0.3) is 0 Å². The first kappa shape index (κ1) is 21.2. The zero-order valence-electron chi connectivity index (χ0n) is 15.5. The van der Waals surface area contributed by atoms with Gasteiger partial charge in [-0.05, 0) is 29.0 Å². The molecule has 10 nitrogen and oxygen atoms in total. The standard InChI is InChI=1S/C16H14F3N7O3S/c1-8-3-4-9(5-11(8)16(17,18)19)12(13-22-24-25-26(13)2)23-29-6-10-7-30-14(20-10)21-15(27)28/h3-5,7H,6H2,1-2H3,(H,20,21)(H,27,28). The molecule has 0 bridgehead atoms. The predicted octanol–water partition coefficient (Wildman–Crippen LogP) is 3.05. The van der Waals surface area contributed by atoms with Gasteiger partial charge >= 0.3 is 12.3 Å². The lowest BCUT2D eigenvalue weighted by atomic mass is 10.0. The first-order valence-corrected chi connectivity index (χ1v) is 9.08. The van der Waals surface area contributed by atoms with Gasteiger partial charge in [0.2, 0.25) is 5.82 Å². The number of anilines is 1. The highest BCUT2D eigenvalue weighted by Gasteiger charge is 2.33. The number of tetrazole rings is 1. The van der Waals surface area contributed by atoms with Gasteiger partial charge in [0, 0.05) is 18.0 Å². The maximum atomic E-state index is 13.3. The molecule has 0 aliphatic carbocycles. The van der Waals surface area contributed by atoms with E-state index in [0.29, 0.717) is 5.69 Å². The first-order chi connectivity index (χ1) is 14.1. The summed E-state index contributed by atoms with van der Waals surface area (Å²) in [4.78, 5) is 19.9. The van der Waals surface area contributed by atoms with Crippen molar-refractivity contribution < 1.29 is 27.9 Å². The second-order valence-corrected chi connectivity index (χ2v) is 6.80. The molecule has 0 fully saturated rings. The van der Waals surface area contributed by atoms with Crippen molar-refractivity contribution in [3.8, 4) is 0 Å². The second kappa shape index (κ2) is 8.44. The summed E-state index contributed by atoms with van der Waals surface area (Å²) in [6.07, 6.45) is -5.80. The molecule has 3 rings (SSSR count). The van der Waals surface area contributed by atoms with Gasteiger partial charge in [-0.1, -0.05) is 17.3 Å². The van der Waals surface area contributed by atoms with E-state index in [1.54, 1.807) is 5.38 Å². The van der Waals surface area contributed by atoms with Crippen molar-refractivity contribution in [2.75, 3.05) is 5.32 Å². The third kappa shape index (κ3) is 4.89. The molecule has 30 heavy (non-hydrogen) atoms. The number of halogens is 3. The average molecular weight is 441 g/mol. The molecule has 0 saturated heterocycles. The van der Waals surface area contributed by atoms with E-state index in [1.165, 1.54) is 30.8 Å². The van der Waals surface area contributed by atoms with Gasteiger partial charge in [0.1, 0.15) is 0 Å². The number of alkyl halides is 3. The Kier molecular flexibility index (Phi) is 5.96. The van der Waals surface area contributed by atoms with E-state index < -0.39 is 17.8 Å². The number of carboxylic acid groups (broad SMARTS) is 1. The van der Waals surface area contributed by atoms with Crippen molar-refractivity contribution >= 4 is 28.3 Å². The number of amides is 1. The average Bonchev–Trinajstić information content (AvgIpc) is 3.27. The van der Waals surface area contributed by atoms with Gasteiger partial charge in [0.05, 0.1) is 11.3 Å². The summed E-state index contributed by atoms with van der Waals surface area (Å²) in [5.74, 6) is 0.0958. The fraction of sp³-hybridized carbons (Fsp3) is 0.250. The molecule has 1 amide bonds. The molecule has 0 spiro atoms. The number of hydrogen-bond donors (Lipinski definition) is 2. The molecule has 0 aliphatic rings. The lowest BCUT2D eigenvalue weighted by Crippen LogP contribution is -2.15. The first-order valence-electron chi connectivity index (χ1n) is 8.20. The molecule has 0 atom stereocenters. The van der Waals surface area contributed by atoms with Crippen LogP contribution in [0.3, 0.4) is 0 Å². The second-order valence-electron chi connectivity index (χ2n) is 5.94. The maximum absolute atomic E-state index is 13.3. The zero-order chi connectivity index (χ0) is 21.9. The van der Waals surface area contributed by atoms with Gasteiger partial charge < -0.3 is 9.94 Å². The Morgan fingerprint density at radius 2 is 2.17 bits per heavy atom. The Bertz CT molecular complexity index is 1090. The minimum Gasteiger partial charge on any atom is -0.465 e. The van der Waals surface area contributed by atoms with Crippen LogP contribution in [0.5, 0.6) is 0 Å². The number of nitrogens with one attached hydrogen (secondary N) is 1. The number of nitrogens with zero attached hydrogens (tertiary/aromatic N) is 6. The third-order valence-electron chi connectivity index (χ3n) is 3.78. The monoisotopic (exact) mass is 441 g/mol. The van der Waals surface area contributed by atoms with Crippen LogP contribution >= 0.6 is 11.3 Å². The van der Waals surface area contributed by atoms with Gasteiger partial charge in [0.15, 0.2) is 17.5 Å². The molecule has 14 heteroatoms. The molecule has 0 unspecified atom stereocenters. The van der Waals surface area contributed by atoms with E-state index in [0.717, 1.165) is 17.4 Å². The van der Waals surface area contributed by atoms with Crippen LogP contribution in [0, 0.1) is 6.92 Å². The molecule has 0 radical (unpaired) electrons. The van der Waals surface area contributed by atoms with Crippen LogP contribution in [-0.4, -0.2) is 42.1 Å². The summed E-state index contributed by atoms with van der Waals surface area (Å²) in [7, 11) is 1.51. The lowest BCUT2D eigenvalue weighted by molar-refractivity contribution is -0.138. The molecule has 0 saturated carbocycles. The minimum atomic E-state index is -4.54. The molecule has 158 valence electrons. The SMILES string of the molecule is Cc1ccc(C(=NOCc2csc(NC(=O)O)n2)c2nnnn2C)cc1C(F)(F)F. The smallest absolute Gasteiger partial charge is 0.416 e. The fourth-order valence-electron chi connectivity index (χ4n) is 2.41. The summed E-state index contributed by atoms with van der Waals surface area (Å²) in [5.41, 5.74) is -0.275. The van der Waals surface area contributed by atoms with Crippen molar-refractivity contribution in [3.63, 3.8) is 0 Å². The third-order valence-corrected chi connectivity index (χ3v) is 4.59. The topological polar surface area (TPSA) is 127 Å². The van der Waals surface area contributed by atoms with E-state index in [9.17, 15) is 18.0 Å². The maximum Gasteiger partial charge on any atom is 0.416 e. The largest absolute Gasteiger partial charge is 0.465 e. The molecule has 2 N–H and O–H groups in total. The van der Waals surface area contributed by atoms with Crippen LogP contribution in [0.4, 0.5) is 23.1 Å². The van der Waals surface area contributed by atoms with Crippen molar-refractivity contribution in [1.82, 2.24) is 25.2 Å². The van der Waals surface area contributed by atoms with Crippen LogP contribution in [0.15, 0.2) is 28.7 Å². The summed E-state index contributed by atoms with van der Waals surface area (Å²) in [5, 5.41) is 27.4. The molecule has 2 heterocycles. The van der Waals surface area contributed by atoms with E-state index >= 15 is 0 Å². The number of aryl methyl sites for hydroxylation is 2. The Morgan fingerprint density at radius 1 is 1.40 bits per heavy atom. The van der Waals surface area contributed by atoms with E-state index in [2.05, 4.69) is 31.0 Å². The van der Waals surface area contributed by atoms with E-state index in [1.807, 2.05) is 0 Å². The van der Waals surface area contributed by atoms with Crippen LogP contribution in [0.25, 0.3) is 0 Å². The number of carbonyl (C=O) groups is 1. The van der Waals surface area contributed by atoms with Gasteiger partial charge in [-0.2, -0.15) is 13.2 Å². The predicted molar refractivity (Wildman–Crippen MR) is 99.2 cm³/mol. The van der Waals surface area contributed by atoms with Crippen LogP contribution in [0.2, 0.25) is 0 Å². The molecule has 2 aromatic heterocycles. The Balaban J connectivity index is 1.90. The summed E-state index contributed by atoms with van der Waals surface area (Å²) < 4.78 is 41.2.